The van der Waals surface area contributed by atoms with Crippen LogP contribution in [0.3, 0.4) is 0 Å². The number of amides is 2. The lowest BCUT2D eigenvalue weighted by atomic mass is 9.97. The number of hydrogen-bond donors (Lipinski definition) is 1. The molecule has 4 aromatic carbocycles. The maximum atomic E-state index is 10.2. The van der Waals surface area contributed by atoms with Crippen LogP contribution in [0, 0.1) is 0 Å². The van der Waals surface area contributed by atoms with Crippen LogP contribution in [-0.2, 0) is 9.59 Å². The summed E-state index contributed by atoms with van der Waals surface area (Å²) < 4.78 is 0. The molecule has 0 atom stereocenters. The molecule has 1 saturated heterocycles. The van der Waals surface area contributed by atoms with Crippen molar-refractivity contribution in [2.24, 2.45) is 0 Å². The van der Waals surface area contributed by atoms with E-state index in [0.717, 1.165) is 0 Å². The van der Waals surface area contributed by atoms with E-state index in [2.05, 4.69) is 72.8 Å². The van der Waals surface area contributed by atoms with Crippen LogP contribution >= 0.6 is 0 Å². The predicted molar refractivity (Wildman–Crippen MR) is 102 cm³/mol. The number of rotatable bonds is 0. The van der Waals surface area contributed by atoms with Gasteiger partial charge in [-0.25, -0.2) is 0 Å². The van der Waals surface area contributed by atoms with Crippen LogP contribution in [0.5, 0.6) is 0 Å². The van der Waals surface area contributed by atoms with E-state index in [1.54, 1.807) is 0 Å². The lowest BCUT2D eigenvalue weighted by Crippen LogP contribution is -2.24. The van der Waals surface area contributed by atoms with Crippen molar-refractivity contribution in [1.82, 2.24) is 5.06 Å². The van der Waals surface area contributed by atoms with E-state index in [1.165, 1.54) is 32.3 Å². The first-order valence-corrected chi connectivity index (χ1v) is 8.49. The number of fused-ring (bicyclic) bond motifs is 5. The Bertz CT molecular complexity index is 1060. The second-order valence-electron chi connectivity index (χ2n) is 6.27. The van der Waals surface area contributed by atoms with Gasteiger partial charge >= 0.3 is 0 Å². The van der Waals surface area contributed by atoms with E-state index in [9.17, 15) is 9.59 Å². The highest BCUT2D eigenvalue weighted by Gasteiger charge is 2.26. The summed E-state index contributed by atoms with van der Waals surface area (Å²) in [6, 6.07) is 26.0. The molecule has 2 amide bonds. The average molecular weight is 343 g/mol. The van der Waals surface area contributed by atoms with E-state index in [0.29, 0.717) is 0 Å². The number of hydroxylamine groups is 2. The largest absolute Gasteiger partial charge is 0.279 e. The van der Waals surface area contributed by atoms with Crippen molar-refractivity contribution in [1.29, 1.82) is 0 Å². The molecule has 4 heteroatoms. The van der Waals surface area contributed by atoms with Gasteiger partial charge in [-0.15, -0.1) is 0 Å². The Balaban J connectivity index is 0.000000178. The first-order chi connectivity index (χ1) is 12.6. The van der Waals surface area contributed by atoms with Crippen molar-refractivity contribution in [2.75, 3.05) is 0 Å². The Labute approximate surface area is 150 Å². The van der Waals surface area contributed by atoms with Crippen LogP contribution < -0.4 is 0 Å². The average Bonchev–Trinajstić information content (AvgIpc) is 2.99. The molecule has 128 valence electrons. The minimum absolute atomic E-state index is 0.148. The predicted octanol–water partition coefficient (Wildman–Crippen LogP) is 4.67. The Morgan fingerprint density at radius 2 is 1.00 bits per heavy atom. The first-order valence-electron chi connectivity index (χ1n) is 8.49. The van der Waals surface area contributed by atoms with Crippen molar-refractivity contribution in [3.05, 3.63) is 72.8 Å². The van der Waals surface area contributed by atoms with Gasteiger partial charge in [0, 0.05) is 12.8 Å². The lowest BCUT2D eigenvalue weighted by molar-refractivity contribution is -0.171. The Kier molecular flexibility index (Phi) is 4.11. The number of carbonyl (C=O) groups is 2. The maximum Gasteiger partial charge on any atom is 0.253 e. The number of benzene rings is 4. The standard InChI is InChI=1S/C18H12.C4H5NO3/c1-3-7-15-13(5-1)9-11-18-16-8-4-2-6-14(16)10-12-17(15)18;6-3-1-2-4(7)5(3)8/h1-12H;8H,1-2H2. The molecule has 1 aliphatic heterocycles. The number of nitrogens with zero attached hydrogens (tertiary/aromatic N) is 1. The van der Waals surface area contributed by atoms with Crippen LogP contribution in [0.1, 0.15) is 12.8 Å². The van der Waals surface area contributed by atoms with Crippen LogP contribution in [0.15, 0.2) is 72.8 Å². The molecule has 0 aliphatic carbocycles. The molecule has 4 aromatic rings. The molecule has 0 bridgehead atoms. The van der Waals surface area contributed by atoms with E-state index >= 15 is 0 Å². The zero-order valence-electron chi connectivity index (χ0n) is 14.1. The Morgan fingerprint density at radius 3 is 1.38 bits per heavy atom. The van der Waals surface area contributed by atoms with Crippen molar-refractivity contribution in [2.45, 2.75) is 12.8 Å². The Hall–Kier alpha value is -3.24. The number of carbonyl (C=O) groups excluding carboxylic acids is 2. The minimum atomic E-state index is -0.505. The van der Waals surface area contributed by atoms with Gasteiger partial charge in [-0.2, -0.15) is 5.06 Å². The summed E-state index contributed by atoms with van der Waals surface area (Å²) in [6.45, 7) is 0. The minimum Gasteiger partial charge on any atom is -0.279 e. The zero-order valence-corrected chi connectivity index (χ0v) is 14.1. The molecule has 1 heterocycles. The third kappa shape index (κ3) is 2.80. The fraction of sp³-hybridized carbons (Fsp3) is 0.0909. The van der Waals surface area contributed by atoms with E-state index in [-0.39, 0.29) is 17.9 Å². The summed E-state index contributed by atoms with van der Waals surface area (Å²) in [5, 5.41) is 16.5. The summed E-state index contributed by atoms with van der Waals surface area (Å²) in [7, 11) is 0. The van der Waals surface area contributed by atoms with Gasteiger partial charge in [-0.1, -0.05) is 72.8 Å². The second kappa shape index (κ2) is 6.58. The third-order valence-electron chi connectivity index (χ3n) is 4.68. The third-order valence-corrected chi connectivity index (χ3v) is 4.68. The molecule has 1 aliphatic rings. The molecule has 26 heavy (non-hydrogen) atoms. The van der Waals surface area contributed by atoms with Crippen LogP contribution in [-0.4, -0.2) is 22.1 Å². The summed E-state index contributed by atoms with van der Waals surface area (Å²) in [5.74, 6) is -1.01. The molecule has 0 radical (unpaired) electrons. The fourth-order valence-electron chi connectivity index (χ4n) is 3.34. The molecule has 1 N–H and O–H groups in total. The van der Waals surface area contributed by atoms with Gasteiger partial charge in [0.25, 0.3) is 11.8 Å². The smallest absolute Gasteiger partial charge is 0.253 e. The van der Waals surface area contributed by atoms with Crippen molar-refractivity contribution >= 4 is 44.1 Å². The molecule has 1 fully saturated rings. The zero-order chi connectivity index (χ0) is 18.1. The maximum absolute atomic E-state index is 10.2. The van der Waals surface area contributed by atoms with Gasteiger partial charge in [-0.3, -0.25) is 14.8 Å². The molecule has 0 unspecified atom stereocenters. The van der Waals surface area contributed by atoms with Crippen LogP contribution in [0.2, 0.25) is 0 Å². The topological polar surface area (TPSA) is 57.6 Å². The molecular formula is C22H17NO3. The molecule has 5 rings (SSSR count). The van der Waals surface area contributed by atoms with E-state index < -0.39 is 11.8 Å². The highest BCUT2D eigenvalue weighted by Crippen LogP contribution is 2.30. The number of imide groups is 1. The second-order valence-corrected chi connectivity index (χ2v) is 6.27. The first kappa shape index (κ1) is 16.2. The fourth-order valence-corrected chi connectivity index (χ4v) is 3.34. The summed E-state index contributed by atoms with van der Waals surface area (Å²) >= 11 is 0. The van der Waals surface area contributed by atoms with Crippen molar-refractivity contribution < 1.29 is 14.8 Å². The lowest BCUT2D eigenvalue weighted by Gasteiger charge is -2.07. The Morgan fingerprint density at radius 1 is 0.577 bits per heavy atom. The normalized spacial score (nSPS) is 14.1. The number of hydrogen-bond acceptors (Lipinski definition) is 3. The quantitative estimate of drug-likeness (QED) is 0.287. The van der Waals surface area contributed by atoms with Crippen molar-refractivity contribution in [3.63, 3.8) is 0 Å². The van der Waals surface area contributed by atoms with Gasteiger partial charge in [0.2, 0.25) is 0 Å². The van der Waals surface area contributed by atoms with Crippen molar-refractivity contribution in [3.8, 4) is 0 Å². The molecule has 4 nitrogen and oxygen atoms in total. The summed E-state index contributed by atoms with van der Waals surface area (Å²) in [4.78, 5) is 20.5. The molecule has 0 spiro atoms. The summed E-state index contributed by atoms with van der Waals surface area (Å²) in [6.07, 6.45) is 0.296. The van der Waals surface area contributed by atoms with Crippen LogP contribution in [0.25, 0.3) is 32.3 Å². The van der Waals surface area contributed by atoms with Gasteiger partial charge in [0.15, 0.2) is 0 Å². The van der Waals surface area contributed by atoms with Gasteiger partial charge in [0.05, 0.1) is 0 Å². The van der Waals surface area contributed by atoms with E-state index in [4.69, 9.17) is 5.21 Å². The SMILES string of the molecule is O=C1CCC(=O)N1O.c1ccc2c(c1)ccc1c3ccccc3ccc21. The van der Waals surface area contributed by atoms with E-state index in [1.807, 2.05) is 0 Å². The monoisotopic (exact) mass is 343 g/mol. The van der Waals surface area contributed by atoms with Gasteiger partial charge in [-0.05, 0) is 32.3 Å². The molecular weight excluding hydrogens is 326 g/mol. The van der Waals surface area contributed by atoms with Gasteiger partial charge < -0.3 is 0 Å². The molecule has 0 aromatic heterocycles. The summed E-state index contributed by atoms with van der Waals surface area (Å²) in [5.41, 5.74) is 0. The highest BCUT2D eigenvalue weighted by molar-refractivity contribution is 6.17. The van der Waals surface area contributed by atoms with Crippen LogP contribution in [0.4, 0.5) is 0 Å². The highest BCUT2D eigenvalue weighted by atomic mass is 16.5. The van der Waals surface area contributed by atoms with Gasteiger partial charge in [0.1, 0.15) is 0 Å². The molecule has 0 saturated carbocycles.